The topological polar surface area (TPSA) is 62.5 Å². The Morgan fingerprint density at radius 3 is 2.65 bits per heavy atom. The Labute approximate surface area is 121 Å². The van der Waals surface area contributed by atoms with Crippen LogP contribution in [-0.2, 0) is 6.54 Å². The van der Waals surface area contributed by atoms with Gasteiger partial charge in [0.1, 0.15) is 17.4 Å². The highest BCUT2D eigenvalue weighted by molar-refractivity contribution is 9.10. The number of aromatic carboxylic acids is 1. The summed E-state index contributed by atoms with van der Waals surface area (Å²) in [6.45, 7) is 1.68. The maximum atomic E-state index is 13.6. The summed E-state index contributed by atoms with van der Waals surface area (Å²) in [5.41, 5.74) is 0.560. The zero-order valence-electron chi connectivity index (χ0n) is 10.3. The summed E-state index contributed by atoms with van der Waals surface area (Å²) < 4.78 is 31.9. The first-order valence-electron chi connectivity index (χ1n) is 5.59. The molecule has 0 saturated heterocycles. The number of hydrogen-bond donors (Lipinski definition) is 2. The summed E-state index contributed by atoms with van der Waals surface area (Å²) in [7, 11) is 0. The summed E-state index contributed by atoms with van der Waals surface area (Å²) in [4.78, 5) is 10.8. The molecule has 0 atom stereocenters. The number of hydrogen-bond acceptors (Lipinski definition) is 3. The van der Waals surface area contributed by atoms with E-state index in [-0.39, 0.29) is 22.5 Å². The number of benzene rings is 1. The molecule has 7 heteroatoms. The highest BCUT2D eigenvalue weighted by Gasteiger charge is 2.15. The van der Waals surface area contributed by atoms with Gasteiger partial charge >= 0.3 is 5.97 Å². The lowest BCUT2D eigenvalue weighted by Crippen LogP contribution is -2.02. The molecule has 0 aliphatic carbocycles. The third kappa shape index (κ3) is 2.98. The maximum Gasteiger partial charge on any atom is 0.372 e. The average molecular weight is 346 g/mol. The molecule has 2 rings (SSSR count). The van der Waals surface area contributed by atoms with Gasteiger partial charge in [0.05, 0.1) is 12.2 Å². The van der Waals surface area contributed by atoms with Crippen LogP contribution in [0.25, 0.3) is 0 Å². The molecule has 0 aliphatic rings. The summed E-state index contributed by atoms with van der Waals surface area (Å²) in [6.07, 6.45) is 0. The van der Waals surface area contributed by atoms with Crippen LogP contribution in [0.1, 0.15) is 21.9 Å². The van der Waals surface area contributed by atoms with Crippen LogP contribution in [0.5, 0.6) is 0 Å². The van der Waals surface area contributed by atoms with Crippen molar-refractivity contribution in [3.05, 3.63) is 51.4 Å². The molecular formula is C13H10BrF2NO3. The Kier molecular flexibility index (Phi) is 4.08. The van der Waals surface area contributed by atoms with Crippen molar-refractivity contribution in [3.63, 3.8) is 0 Å². The lowest BCUT2D eigenvalue weighted by Gasteiger charge is -2.08. The van der Waals surface area contributed by atoms with Crippen LogP contribution in [0.15, 0.2) is 27.1 Å². The maximum absolute atomic E-state index is 13.6. The Bertz CT molecular complexity index is 647. The second-order valence-corrected chi connectivity index (χ2v) is 4.98. The van der Waals surface area contributed by atoms with E-state index in [0.717, 1.165) is 12.1 Å². The first kappa shape index (κ1) is 14.5. The zero-order chi connectivity index (χ0) is 14.9. The fourth-order valence-corrected chi connectivity index (χ4v) is 2.28. The fourth-order valence-electron chi connectivity index (χ4n) is 1.73. The number of aryl methyl sites for hydroxylation is 1. The quantitative estimate of drug-likeness (QED) is 0.880. The van der Waals surface area contributed by atoms with Gasteiger partial charge in [0.25, 0.3) is 0 Å². The number of carboxylic acid groups (broad SMARTS) is 1. The normalized spacial score (nSPS) is 10.6. The van der Waals surface area contributed by atoms with Gasteiger partial charge in [0.15, 0.2) is 0 Å². The molecule has 0 bridgehead atoms. The minimum atomic E-state index is -1.16. The highest BCUT2D eigenvalue weighted by Crippen LogP contribution is 2.27. The van der Waals surface area contributed by atoms with Crippen LogP contribution in [0.3, 0.4) is 0 Å². The molecule has 0 aliphatic heterocycles. The van der Waals surface area contributed by atoms with Crippen molar-refractivity contribution in [2.75, 3.05) is 5.32 Å². The Morgan fingerprint density at radius 1 is 1.40 bits per heavy atom. The standard InChI is InChI=1S/C13H10BrF2NO3/c1-6-2-8(20-12(6)13(18)19)5-17-11-9(14)3-7(15)4-10(11)16/h2-4,17H,5H2,1H3,(H,18,19). The van der Waals surface area contributed by atoms with Gasteiger partial charge in [-0.25, -0.2) is 13.6 Å². The van der Waals surface area contributed by atoms with Crippen molar-refractivity contribution < 1.29 is 23.1 Å². The molecule has 4 nitrogen and oxygen atoms in total. The Morgan fingerprint density at radius 2 is 2.10 bits per heavy atom. The van der Waals surface area contributed by atoms with Crippen LogP contribution < -0.4 is 5.32 Å². The number of carbonyl (C=O) groups is 1. The SMILES string of the molecule is Cc1cc(CNc2c(F)cc(F)cc2Br)oc1C(=O)O. The van der Waals surface area contributed by atoms with Gasteiger partial charge < -0.3 is 14.8 Å². The molecule has 0 saturated carbocycles. The molecule has 0 radical (unpaired) electrons. The van der Waals surface area contributed by atoms with E-state index in [1.165, 1.54) is 0 Å². The fraction of sp³-hybridized carbons (Fsp3) is 0.154. The van der Waals surface area contributed by atoms with Crippen molar-refractivity contribution >= 4 is 27.6 Å². The molecule has 1 heterocycles. The van der Waals surface area contributed by atoms with Crippen molar-refractivity contribution in [1.29, 1.82) is 0 Å². The molecule has 20 heavy (non-hydrogen) atoms. The predicted molar refractivity (Wildman–Crippen MR) is 71.8 cm³/mol. The van der Waals surface area contributed by atoms with E-state index in [1.807, 2.05) is 0 Å². The summed E-state index contributed by atoms with van der Waals surface area (Å²) in [5.74, 6) is -2.42. The molecule has 106 valence electrons. The van der Waals surface area contributed by atoms with E-state index in [9.17, 15) is 13.6 Å². The number of nitrogens with one attached hydrogen (secondary N) is 1. The lowest BCUT2D eigenvalue weighted by atomic mass is 10.2. The molecule has 0 unspecified atom stereocenters. The summed E-state index contributed by atoms with van der Waals surface area (Å²) >= 11 is 3.05. The Hall–Kier alpha value is -1.89. The number of furan rings is 1. The first-order valence-corrected chi connectivity index (χ1v) is 6.39. The average Bonchev–Trinajstić information content (AvgIpc) is 2.69. The van der Waals surface area contributed by atoms with Crippen molar-refractivity contribution in [2.24, 2.45) is 0 Å². The molecule has 1 aromatic heterocycles. The second kappa shape index (κ2) is 5.62. The molecular weight excluding hydrogens is 336 g/mol. The van der Waals surface area contributed by atoms with Crippen molar-refractivity contribution in [3.8, 4) is 0 Å². The molecule has 0 spiro atoms. The van der Waals surface area contributed by atoms with Gasteiger partial charge in [0, 0.05) is 16.1 Å². The lowest BCUT2D eigenvalue weighted by molar-refractivity contribution is 0.0659. The zero-order valence-corrected chi connectivity index (χ0v) is 11.9. The highest BCUT2D eigenvalue weighted by atomic mass is 79.9. The minimum Gasteiger partial charge on any atom is -0.475 e. The molecule has 0 fully saturated rings. The summed E-state index contributed by atoms with van der Waals surface area (Å²) in [6, 6.07) is 3.43. The molecule has 2 N–H and O–H groups in total. The smallest absolute Gasteiger partial charge is 0.372 e. The van der Waals surface area contributed by atoms with Crippen molar-refractivity contribution in [2.45, 2.75) is 13.5 Å². The van der Waals surface area contributed by atoms with Gasteiger partial charge in [-0.2, -0.15) is 0 Å². The van der Waals surface area contributed by atoms with E-state index in [0.29, 0.717) is 11.3 Å². The molecule has 2 aromatic rings. The van der Waals surface area contributed by atoms with E-state index >= 15 is 0 Å². The van der Waals surface area contributed by atoms with Crippen molar-refractivity contribution in [1.82, 2.24) is 0 Å². The van der Waals surface area contributed by atoms with Gasteiger partial charge in [-0.05, 0) is 35.0 Å². The van der Waals surface area contributed by atoms with Gasteiger partial charge in [-0.15, -0.1) is 0 Å². The minimum absolute atomic E-state index is 0.0786. The third-order valence-electron chi connectivity index (χ3n) is 2.61. The van der Waals surface area contributed by atoms with E-state index in [4.69, 9.17) is 9.52 Å². The van der Waals surface area contributed by atoms with Crippen LogP contribution >= 0.6 is 15.9 Å². The van der Waals surface area contributed by atoms with Crippen LogP contribution in [0, 0.1) is 18.6 Å². The number of halogens is 3. The monoisotopic (exact) mass is 345 g/mol. The number of carboxylic acids is 1. The van der Waals surface area contributed by atoms with Crippen LogP contribution in [0.2, 0.25) is 0 Å². The molecule has 1 aromatic carbocycles. The van der Waals surface area contributed by atoms with E-state index in [1.54, 1.807) is 13.0 Å². The first-order chi connectivity index (χ1) is 9.38. The van der Waals surface area contributed by atoms with E-state index < -0.39 is 17.6 Å². The van der Waals surface area contributed by atoms with Gasteiger partial charge in [-0.3, -0.25) is 0 Å². The second-order valence-electron chi connectivity index (χ2n) is 4.13. The largest absolute Gasteiger partial charge is 0.475 e. The van der Waals surface area contributed by atoms with Crippen LogP contribution in [0.4, 0.5) is 14.5 Å². The van der Waals surface area contributed by atoms with E-state index in [2.05, 4.69) is 21.2 Å². The molecule has 0 amide bonds. The van der Waals surface area contributed by atoms with Crippen LogP contribution in [-0.4, -0.2) is 11.1 Å². The summed E-state index contributed by atoms with van der Waals surface area (Å²) in [5, 5.41) is 11.6. The number of anilines is 1. The number of rotatable bonds is 4. The third-order valence-corrected chi connectivity index (χ3v) is 3.23. The van der Waals surface area contributed by atoms with Gasteiger partial charge in [0.2, 0.25) is 5.76 Å². The predicted octanol–water partition coefficient (Wildman–Crippen LogP) is 3.94. The van der Waals surface area contributed by atoms with Gasteiger partial charge in [-0.1, -0.05) is 0 Å². The Balaban J connectivity index is 2.17.